The molecule has 0 saturated heterocycles. The number of nitrogens with one attached hydrogen (secondary N) is 2. The van der Waals surface area contributed by atoms with E-state index in [9.17, 15) is 0 Å². The van der Waals surface area contributed by atoms with Gasteiger partial charge in [0, 0.05) is 23.9 Å². The fourth-order valence-corrected chi connectivity index (χ4v) is 20.2. The van der Waals surface area contributed by atoms with Gasteiger partial charge in [0.1, 0.15) is 32.9 Å². The van der Waals surface area contributed by atoms with E-state index in [0.717, 1.165) is 0 Å². The van der Waals surface area contributed by atoms with Crippen LogP contribution >= 0.6 is 0 Å². The van der Waals surface area contributed by atoms with E-state index in [1.165, 1.54) is 0 Å². The molecule has 116 valence electrons. The topological polar surface area (TPSA) is 24.1 Å². The summed E-state index contributed by atoms with van der Waals surface area (Å²) in [5.74, 6) is 0. The van der Waals surface area contributed by atoms with Crippen molar-refractivity contribution >= 4 is 56.8 Å². The van der Waals surface area contributed by atoms with Crippen molar-refractivity contribution in [3.63, 3.8) is 0 Å². The molecule has 0 saturated carbocycles. The first-order valence-corrected chi connectivity index (χ1v) is 21.0. The van der Waals surface area contributed by atoms with Gasteiger partial charge in [-0.1, -0.05) is 78.6 Å². The van der Waals surface area contributed by atoms with Crippen LogP contribution in [0.1, 0.15) is 0 Å². The second kappa shape index (κ2) is 8.89. The fraction of sp³-hybridized carbons (Fsp3) is 1.00. The molecule has 2 nitrogen and oxygen atoms in total. The van der Waals surface area contributed by atoms with Crippen molar-refractivity contribution in [1.82, 2.24) is 9.30 Å². The van der Waals surface area contributed by atoms with Crippen LogP contribution in [-0.2, 0) is 0 Å². The summed E-state index contributed by atoms with van der Waals surface area (Å²) in [7, 11) is -3.92. The van der Waals surface area contributed by atoms with Crippen LogP contribution in [-0.4, -0.2) is 56.8 Å². The molecule has 19 heavy (non-hydrogen) atoms. The SMILES string of the molecule is C[Si](C)(C)N[Si](C)(C)C.C[Si](C)(C)N[Si](C)(C)C.[Sn]. The molecule has 0 aromatic carbocycles. The summed E-state index contributed by atoms with van der Waals surface area (Å²) in [6.07, 6.45) is 0. The Balaban J connectivity index is -0.000000256. The quantitative estimate of drug-likeness (QED) is 0.642. The van der Waals surface area contributed by atoms with Crippen LogP contribution in [0.2, 0.25) is 78.6 Å². The molecule has 7 heteroatoms. The van der Waals surface area contributed by atoms with E-state index in [2.05, 4.69) is 87.9 Å². The molecular formula is C12H38N2Si4Sn. The normalized spacial score (nSPS) is 13.3. The molecule has 0 aliphatic carbocycles. The summed E-state index contributed by atoms with van der Waals surface area (Å²) in [6, 6.07) is 0. The van der Waals surface area contributed by atoms with Crippen molar-refractivity contribution in [3.05, 3.63) is 0 Å². The number of rotatable bonds is 4. The van der Waals surface area contributed by atoms with Crippen molar-refractivity contribution in [2.24, 2.45) is 0 Å². The van der Waals surface area contributed by atoms with Gasteiger partial charge in [-0.2, -0.15) is 0 Å². The van der Waals surface area contributed by atoms with Crippen molar-refractivity contribution in [2.45, 2.75) is 78.6 Å². The van der Waals surface area contributed by atoms with Gasteiger partial charge in [0.25, 0.3) is 0 Å². The van der Waals surface area contributed by atoms with Crippen molar-refractivity contribution in [3.8, 4) is 0 Å². The van der Waals surface area contributed by atoms with E-state index in [-0.39, 0.29) is 23.9 Å². The van der Waals surface area contributed by atoms with Gasteiger partial charge in [-0.3, -0.25) is 0 Å². The second-order valence-electron chi connectivity index (χ2n) is 9.25. The molecule has 0 aliphatic heterocycles. The molecule has 0 heterocycles. The van der Waals surface area contributed by atoms with Gasteiger partial charge in [0.15, 0.2) is 0 Å². The number of hydrogen-bond donors (Lipinski definition) is 2. The minimum absolute atomic E-state index is 0. The first-order valence-electron chi connectivity index (χ1n) is 7.00. The summed E-state index contributed by atoms with van der Waals surface area (Å²) in [6.45, 7) is 28.2. The van der Waals surface area contributed by atoms with E-state index in [1.54, 1.807) is 0 Å². The average molecular weight is 442 g/mol. The monoisotopic (exact) mass is 442 g/mol. The molecule has 0 rings (SSSR count). The van der Waals surface area contributed by atoms with Crippen molar-refractivity contribution in [1.29, 1.82) is 0 Å². The van der Waals surface area contributed by atoms with Crippen LogP contribution in [0, 0.1) is 0 Å². The Hall–Kier alpha value is 1.59. The van der Waals surface area contributed by atoms with Gasteiger partial charge >= 0.3 is 0 Å². The summed E-state index contributed by atoms with van der Waals surface area (Å²) < 4.78 is 7.47. The van der Waals surface area contributed by atoms with E-state index in [0.29, 0.717) is 0 Å². The molecule has 0 amide bonds. The summed E-state index contributed by atoms with van der Waals surface area (Å²) in [4.78, 5) is 0. The minimum atomic E-state index is -0.981. The molecule has 0 aromatic rings. The van der Waals surface area contributed by atoms with E-state index >= 15 is 0 Å². The van der Waals surface area contributed by atoms with Gasteiger partial charge in [-0.25, -0.2) is 0 Å². The molecule has 0 aromatic heterocycles. The maximum Gasteiger partial charge on any atom is 0.109 e. The van der Waals surface area contributed by atoms with Gasteiger partial charge in [-0.05, 0) is 0 Å². The third-order valence-electron chi connectivity index (χ3n) is 1.50. The number of hydrogen-bond acceptors (Lipinski definition) is 2. The van der Waals surface area contributed by atoms with Gasteiger partial charge < -0.3 is 9.30 Å². The molecule has 0 aliphatic rings. The largest absolute Gasteiger partial charge is 0.360 e. The Morgan fingerprint density at radius 3 is 0.474 bits per heavy atom. The Bertz CT molecular complexity index is 184. The van der Waals surface area contributed by atoms with Crippen LogP contribution in [0.25, 0.3) is 0 Å². The molecule has 0 spiro atoms. The minimum Gasteiger partial charge on any atom is -0.360 e. The molecular weight excluding hydrogens is 403 g/mol. The van der Waals surface area contributed by atoms with E-state index < -0.39 is 32.9 Å². The fourth-order valence-electron chi connectivity index (χ4n) is 2.25. The predicted octanol–water partition coefficient (Wildman–Crippen LogP) is 4.11. The summed E-state index contributed by atoms with van der Waals surface area (Å²) >= 11 is 0. The smallest absolute Gasteiger partial charge is 0.109 e. The predicted molar refractivity (Wildman–Crippen MR) is 105 cm³/mol. The van der Waals surface area contributed by atoms with Crippen LogP contribution in [0.3, 0.4) is 0 Å². The van der Waals surface area contributed by atoms with Gasteiger partial charge in [0.2, 0.25) is 0 Å². The van der Waals surface area contributed by atoms with Crippen LogP contribution in [0.5, 0.6) is 0 Å². The Kier molecular flexibility index (Phi) is 11.9. The average Bonchev–Trinajstić information content (AvgIpc) is 1.64. The third-order valence-corrected chi connectivity index (χ3v) is 13.5. The third kappa shape index (κ3) is 32.8. The van der Waals surface area contributed by atoms with Crippen molar-refractivity contribution in [2.75, 3.05) is 0 Å². The Morgan fingerprint density at radius 1 is 0.368 bits per heavy atom. The molecule has 0 fully saturated rings. The molecule has 0 atom stereocenters. The summed E-state index contributed by atoms with van der Waals surface area (Å²) in [5, 5.41) is 0. The summed E-state index contributed by atoms with van der Waals surface area (Å²) in [5.41, 5.74) is 0. The maximum atomic E-state index is 3.74. The Labute approximate surface area is 144 Å². The zero-order chi connectivity index (χ0) is 15.4. The standard InChI is InChI=1S/2C6H19NSi2.Sn/c2*1-8(2,3)7-9(4,5)6;/h2*7H,1-6H3;. The zero-order valence-electron chi connectivity index (χ0n) is 15.5. The van der Waals surface area contributed by atoms with Crippen LogP contribution in [0.15, 0.2) is 0 Å². The van der Waals surface area contributed by atoms with Crippen LogP contribution in [0.4, 0.5) is 0 Å². The van der Waals surface area contributed by atoms with Gasteiger partial charge in [-0.15, -0.1) is 0 Å². The molecule has 4 radical (unpaired) electrons. The second-order valence-corrected chi connectivity index (χ2v) is 29.2. The molecule has 0 unspecified atom stereocenters. The van der Waals surface area contributed by atoms with Crippen molar-refractivity contribution < 1.29 is 0 Å². The van der Waals surface area contributed by atoms with E-state index in [1.807, 2.05) is 0 Å². The first kappa shape index (κ1) is 25.5. The maximum absolute atomic E-state index is 3.74. The molecule has 0 bridgehead atoms. The first-order chi connectivity index (χ1) is 7.41. The van der Waals surface area contributed by atoms with Gasteiger partial charge in [0.05, 0.1) is 0 Å². The Morgan fingerprint density at radius 2 is 0.474 bits per heavy atom. The van der Waals surface area contributed by atoms with E-state index in [4.69, 9.17) is 0 Å². The molecule has 2 N–H and O–H groups in total. The van der Waals surface area contributed by atoms with Crippen LogP contribution < -0.4 is 9.30 Å². The zero-order valence-corrected chi connectivity index (χ0v) is 22.4.